The standard InChI is InChI=1S/C9H16N4O2S/c1-16(14,15)13-4-2-3-9(6-13)5-12-8-10-7-11-12/h7-9H,2-6H2,1H3. The van der Waals surface area contributed by atoms with Crippen molar-refractivity contribution >= 4 is 10.0 Å². The van der Waals surface area contributed by atoms with E-state index in [1.54, 1.807) is 15.3 Å². The third kappa shape index (κ3) is 2.79. The van der Waals surface area contributed by atoms with Crippen LogP contribution < -0.4 is 0 Å². The molecule has 0 radical (unpaired) electrons. The molecule has 90 valence electrons. The molecule has 0 amide bonds. The first kappa shape index (κ1) is 11.5. The van der Waals surface area contributed by atoms with Crippen molar-refractivity contribution < 1.29 is 8.42 Å². The van der Waals surface area contributed by atoms with Gasteiger partial charge in [-0.25, -0.2) is 17.7 Å². The lowest BCUT2D eigenvalue weighted by Gasteiger charge is -2.30. The van der Waals surface area contributed by atoms with Gasteiger partial charge in [-0.15, -0.1) is 0 Å². The highest BCUT2D eigenvalue weighted by molar-refractivity contribution is 7.88. The minimum atomic E-state index is -3.05. The highest BCUT2D eigenvalue weighted by Crippen LogP contribution is 2.19. The molecular weight excluding hydrogens is 228 g/mol. The van der Waals surface area contributed by atoms with Gasteiger partial charge in [0.25, 0.3) is 0 Å². The van der Waals surface area contributed by atoms with Crippen molar-refractivity contribution in [2.75, 3.05) is 19.3 Å². The van der Waals surface area contributed by atoms with E-state index in [4.69, 9.17) is 0 Å². The fourth-order valence-corrected chi connectivity index (χ4v) is 3.01. The summed E-state index contributed by atoms with van der Waals surface area (Å²) in [5.41, 5.74) is 0. The van der Waals surface area contributed by atoms with Crippen LogP contribution in [0, 0.1) is 5.92 Å². The van der Waals surface area contributed by atoms with Crippen LogP contribution in [0.25, 0.3) is 0 Å². The van der Waals surface area contributed by atoms with Crippen LogP contribution >= 0.6 is 0 Å². The van der Waals surface area contributed by atoms with Crippen molar-refractivity contribution in [2.24, 2.45) is 5.92 Å². The summed E-state index contributed by atoms with van der Waals surface area (Å²) in [4.78, 5) is 3.88. The summed E-state index contributed by atoms with van der Waals surface area (Å²) in [6.45, 7) is 1.98. The van der Waals surface area contributed by atoms with Gasteiger partial charge >= 0.3 is 0 Å². The number of nitrogens with zero attached hydrogens (tertiary/aromatic N) is 4. The predicted octanol–water partition coefficient (Wildman–Crippen LogP) is -0.0503. The summed E-state index contributed by atoms with van der Waals surface area (Å²) < 4.78 is 26.2. The van der Waals surface area contributed by atoms with Crippen molar-refractivity contribution in [1.82, 2.24) is 19.1 Å². The fourth-order valence-electron chi connectivity index (χ4n) is 2.07. The van der Waals surface area contributed by atoms with Crippen molar-refractivity contribution in [3.63, 3.8) is 0 Å². The molecule has 0 aromatic carbocycles. The molecule has 1 unspecified atom stereocenters. The second kappa shape index (κ2) is 4.50. The number of piperidine rings is 1. The van der Waals surface area contributed by atoms with E-state index in [9.17, 15) is 8.42 Å². The molecule has 1 aliphatic heterocycles. The molecule has 2 rings (SSSR count). The second-order valence-corrected chi connectivity index (χ2v) is 6.23. The number of sulfonamides is 1. The number of hydrogen-bond acceptors (Lipinski definition) is 4. The van der Waals surface area contributed by atoms with Crippen molar-refractivity contribution in [3.05, 3.63) is 12.7 Å². The zero-order chi connectivity index (χ0) is 11.6. The lowest BCUT2D eigenvalue weighted by Crippen LogP contribution is -2.40. The Morgan fingerprint density at radius 3 is 2.94 bits per heavy atom. The van der Waals surface area contributed by atoms with Gasteiger partial charge in [-0.05, 0) is 18.8 Å². The Hall–Kier alpha value is -0.950. The molecule has 0 spiro atoms. The van der Waals surface area contributed by atoms with Gasteiger partial charge < -0.3 is 0 Å². The SMILES string of the molecule is CS(=O)(=O)N1CCCC(Cn2cncn2)C1. The monoisotopic (exact) mass is 244 g/mol. The van der Waals surface area contributed by atoms with Crippen LogP contribution in [-0.4, -0.2) is 46.8 Å². The zero-order valence-electron chi connectivity index (χ0n) is 9.28. The summed E-state index contributed by atoms with van der Waals surface area (Å²) >= 11 is 0. The van der Waals surface area contributed by atoms with Crippen LogP contribution in [-0.2, 0) is 16.6 Å². The van der Waals surface area contributed by atoms with Gasteiger partial charge in [-0.3, -0.25) is 4.68 Å². The lowest BCUT2D eigenvalue weighted by atomic mass is 10.00. The van der Waals surface area contributed by atoms with Crippen LogP contribution in [0.4, 0.5) is 0 Å². The average molecular weight is 244 g/mol. The molecule has 0 N–H and O–H groups in total. The third-order valence-corrected chi connectivity index (χ3v) is 4.13. The molecule has 1 fully saturated rings. The zero-order valence-corrected chi connectivity index (χ0v) is 10.1. The summed E-state index contributed by atoms with van der Waals surface area (Å²) in [5.74, 6) is 0.338. The maximum Gasteiger partial charge on any atom is 0.211 e. The molecule has 6 nitrogen and oxygen atoms in total. The minimum absolute atomic E-state index is 0.338. The van der Waals surface area contributed by atoms with E-state index in [-0.39, 0.29) is 0 Å². The van der Waals surface area contributed by atoms with Crippen molar-refractivity contribution in [1.29, 1.82) is 0 Å². The van der Waals surface area contributed by atoms with Crippen LogP contribution in [0.5, 0.6) is 0 Å². The van der Waals surface area contributed by atoms with Gasteiger partial charge in [0, 0.05) is 19.6 Å². The van der Waals surface area contributed by atoms with E-state index < -0.39 is 10.0 Å². The van der Waals surface area contributed by atoms with Gasteiger partial charge in [0.15, 0.2) is 0 Å². The summed E-state index contributed by atoms with van der Waals surface area (Å²) in [6, 6.07) is 0. The number of hydrogen-bond donors (Lipinski definition) is 0. The third-order valence-electron chi connectivity index (χ3n) is 2.86. The summed E-state index contributed by atoms with van der Waals surface area (Å²) in [6.07, 6.45) is 6.40. The van der Waals surface area contributed by atoms with Crippen molar-refractivity contribution in [3.8, 4) is 0 Å². The average Bonchev–Trinajstić information content (AvgIpc) is 2.70. The molecule has 1 aromatic heterocycles. The largest absolute Gasteiger partial charge is 0.253 e. The quantitative estimate of drug-likeness (QED) is 0.747. The second-order valence-electron chi connectivity index (χ2n) is 4.25. The highest BCUT2D eigenvalue weighted by Gasteiger charge is 2.25. The number of aromatic nitrogens is 3. The lowest BCUT2D eigenvalue weighted by molar-refractivity contribution is 0.240. The molecule has 7 heteroatoms. The Bertz CT molecular complexity index is 428. The van der Waals surface area contributed by atoms with Crippen molar-refractivity contribution in [2.45, 2.75) is 19.4 Å². The molecule has 1 aliphatic rings. The van der Waals surface area contributed by atoms with Crippen LogP contribution in [0.2, 0.25) is 0 Å². The molecule has 0 saturated carbocycles. The molecule has 2 heterocycles. The van der Waals surface area contributed by atoms with E-state index in [1.807, 2.05) is 0 Å². The van der Waals surface area contributed by atoms with Gasteiger partial charge in [0.2, 0.25) is 10.0 Å². The summed E-state index contributed by atoms with van der Waals surface area (Å²) in [5, 5.41) is 4.04. The molecule has 16 heavy (non-hydrogen) atoms. The first-order valence-electron chi connectivity index (χ1n) is 5.33. The Kier molecular flexibility index (Phi) is 3.25. The normalized spacial score (nSPS) is 23.4. The maximum absolute atomic E-state index is 11.4. The van der Waals surface area contributed by atoms with Gasteiger partial charge in [-0.2, -0.15) is 5.10 Å². The van der Waals surface area contributed by atoms with Crippen LogP contribution in [0.3, 0.4) is 0 Å². The fraction of sp³-hybridized carbons (Fsp3) is 0.778. The molecular formula is C9H16N4O2S. The summed E-state index contributed by atoms with van der Waals surface area (Å²) in [7, 11) is -3.05. The number of rotatable bonds is 3. The Morgan fingerprint density at radius 2 is 2.31 bits per heavy atom. The van der Waals surface area contributed by atoms with Gasteiger partial charge in [0.1, 0.15) is 12.7 Å². The first-order valence-corrected chi connectivity index (χ1v) is 7.18. The Morgan fingerprint density at radius 1 is 1.50 bits per heavy atom. The van der Waals surface area contributed by atoms with Gasteiger partial charge in [0.05, 0.1) is 6.26 Å². The molecule has 1 atom stereocenters. The topological polar surface area (TPSA) is 68.1 Å². The maximum atomic E-state index is 11.4. The smallest absolute Gasteiger partial charge is 0.211 e. The highest BCUT2D eigenvalue weighted by atomic mass is 32.2. The van der Waals surface area contributed by atoms with E-state index in [0.717, 1.165) is 19.4 Å². The van der Waals surface area contributed by atoms with E-state index >= 15 is 0 Å². The van der Waals surface area contributed by atoms with Crippen LogP contribution in [0.15, 0.2) is 12.7 Å². The minimum Gasteiger partial charge on any atom is -0.253 e. The predicted molar refractivity (Wildman–Crippen MR) is 59.2 cm³/mol. The van der Waals surface area contributed by atoms with E-state index in [0.29, 0.717) is 19.0 Å². The first-order chi connectivity index (χ1) is 7.55. The van der Waals surface area contributed by atoms with Crippen LogP contribution in [0.1, 0.15) is 12.8 Å². The van der Waals surface area contributed by atoms with E-state index in [2.05, 4.69) is 10.1 Å². The molecule has 1 aromatic rings. The molecule has 1 saturated heterocycles. The van der Waals surface area contributed by atoms with E-state index in [1.165, 1.54) is 12.6 Å². The van der Waals surface area contributed by atoms with Gasteiger partial charge in [-0.1, -0.05) is 0 Å². The molecule has 0 aliphatic carbocycles. The molecule has 0 bridgehead atoms. The Balaban J connectivity index is 1.97. The Labute approximate surface area is 95.3 Å².